The van der Waals surface area contributed by atoms with Gasteiger partial charge in [0.1, 0.15) is 11.7 Å². The third-order valence-corrected chi connectivity index (χ3v) is 9.88. The largest absolute Gasteiger partial charge is 0.480 e. The van der Waals surface area contributed by atoms with Crippen molar-refractivity contribution in [2.45, 2.75) is 36.8 Å². The summed E-state index contributed by atoms with van der Waals surface area (Å²) in [5, 5.41) is 26.5. The highest BCUT2D eigenvalue weighted by Crippen LogP contribution is 2.21. The van der Waals surface area contributed by atoms with Crippen LogP contribution in [0.5, 0.6) is 0 Å². The van der Waals surface area contributed by atoms with Crippen molar-refractivity contribution in [3.8, 4) is 11.8 Å². The molecule has 4 aromatic rings. The second-order valence-corrected chi connectivity index (χ2v) is 13.5. The molecule has 13 heteroatoms. The average Bonchev–Trinajstić information content (AvgIpc) is 3.60. The highest BCUT2D eigenvalue weighted by Gasteiger charge is 2.35. The van der Waals surface area contributed by atoms with Crippen molar-refractivity contribution >= 4 is 33.2 Å². The second kappa shape index (κ2) is 14.5. The van der Waals surface area contributed by atoms with E-state index in [1.807, 2.05) is 6.92 Å². The zero-order valence-corrected chi connectivity index (χ0v) is 26.7. The fraction of sp³-hybridized carbons (Fsp3) is 0.265. The standard InChI is InChI=1S/C34H34N6O6S/c1-23-16-30(39(2)37-23)33(43)36-27-9-6-8-24(18-27)12-13-25-17-26(21-35-20-25)32(42)38-47(46,29-10-4-3-5-11-29)15-7-14-40-22-28(41)19-31(40)34(44)45/h3-6,8-11,16-18,20-21,28,31,41H,7,14-15,19,22H2,1-2H3,(H,36,43)(H,44,45)/t28-,31+,47?/m0/s1. The molecule has 12 nitrogen and oxygen atoms in total. The van der Waals surface area contributed by atoms with Crippen molar-refractivity contribution in [3.63, 3.8) is 0 Å². The molecule has 2 aromatic carbocycles. The number of carbonyl (C=O) groups excluding carboxylic acids is 2. The van der Waals surface area contributed by atoms with Gasteiger partial charge in [-0.1, -0.05) is 36.1 Å². The molecule has 2 aromatic heterocycles. The molecule has 0 saturated carbocycles. The summed E-state index contributed by atoms with van der Waals surface area (Å²) in [6.07, 6.45) is 2.52. The lowest BCUT2D eigenvalue weighted by Gasteiger charge is -2.21. The number of aliphatic hydroxyl groups excluding tert-OH is 1. The zero-order chi connectivity index (χ0) is 33.6. The van der Waals surface area contributed by atoms with Crippen molar-refractivity contribution in [2.24, 2.45) is 11.4 Å². The van der Waals surface area contributed by atoms with Crippen LogP contribution in [-0.4, -0.2) is 82.9 Å². The molecule has 1 saturated heterocycles. The van der Waals surface area contributed by atoms with Crippen molar-refractivity contribution < 1.29 is 28.8 Å². The summed E-state index contributed by atoms with van der Waals surface area (Å²) in [6.45, 7) is 2.30. The molecule has 1 fully saturated rings. The summed E-state index contributed by atoms with van der Waals surface area (Å²) in [5.41, 5.74) is 2.87. The van der Waals surface area contributed by atoms with Gasteiger partial charge in [-0.2, -0.15) is 9.46 Å². The number of hydrogen-bond donors (Lipinski definition) is 3. The minimum Gasteiger partial charge on any atom is -0.480 e. The van der Waals surface area contributed by atoms with Crippen LogP contribution in [0.15, 0.2) is 88.4 Å². The number of benzene rings is 2. The van der Waals surface area contributed by atoms with Gasteiger partial charge < -0.3 is 15.5 Å². The number of carboxylic acids is 1. The molecule has 3 atom stereocenters. The van der Waals surface area contributed by atoms with Gasteiger partial charge in [-0.05, 0) is 55.8 Å². The number of likely N-dealkylation sites (tertiary alicyclic amines) is 1. The monoisotopic (exact) mass is 654 g/mol. The maximum atomic E-state index is 14.2. The molecule has 242 valence electrons. The molecular formula is C34H34N6O6S. The van der Waals surface area contributed by atoms with E-state index in [1.54, 1.807) is 72.6 Å². The summed E-state index contributed by atoms with van der Waals surface area (Å²) < 4.78 is 19.9. The van der Waals surface area contributed by atoms with Crippen LogP contribution in [0.25, 0.3) is 0 Å². The van der Waals surface area contributed by atoms with E-state index in [0.717, 1.165) is 5.69 Å². The second-order valence-electron chi connectivity index (χ2n) is 11.2. The number of aliphatic hydroxyl groups is 1. The number of nitrogens with zero attached hydrogens (tertiary/aromatic N) is 5. The van der Waals surface area contributed by atoms with Crippen molar-refractivity contribution in [3.05, 3.63) is 107 Å². The molecule has 0 radical (unpaired) electrons. The number of anilines is 1. The number of β-amino-alcohol motifs (C(OH)–C–C–N with tert-alkyl or cyclic N) is 1. The number of pyridine rings is 1. The van der Waals surface area contributed by atoms with E-state index >= 15 is 0 Å². The van der Waals surface area contributed by atoms with Crippen LogP contribution in [0.2, 0.25) is 0 Å². The summed E-state index contributed by atoms with van der Waals surface area (Å²) in [7, 11) is -1.53. The summed E-state index contributed by atoms with van der Waals surface area (Å²) in [4.78, 5) is 43.8. The number of carbonyl (C=O) groups is 3. The van der Waals surface area contributed by atoms with E-state index in [4.69, 9.17) is 0 Å². The molecule has 0 spiro atoms. The van der Waals surface area contributed by atoms with Gasteiger partial charge in [0, 0.05) is 66.4 Å². The Kier molecular flexibility index (Phi) is 10.3. The fourth-order valence-electron chi connectivity index (χ4n) is 5.35. The van der Waals surface area contributed by atoms with Crippen LogP contribution in [0.1, 0.15) is 50.5 Å². The number of amides is 2. The Bertz CT molecular complexity index is 1990. The fourth-order valence-corrected chi connectivity index (χ4v) is 7.25. The zero-order valence-electron chi connectivity index (χ0n) is 25.9. The number of aliphatic carboxylic acids is 1. The van der Waals surface area contributed by atoms with E-state index in [0.29, 0.717) is 33.8 Å². The Morgan fingerprint density at radius 3 is 2.53 bits per heavy atom. The maximum Gasteiger partial charge on any atom is 0.321 e. The van der Waals surface area contributed by atoms with Crippen LogP contribution in [0.4, 0.5) is 5.69 Å². The lowest BCUT2D eigenvalue weighted by Crippen LogP contribution is -2.37. The van der Waals surface area contributed by atoms with E-state index < -0.39 is 33.8 Å². The highest BCUT2D eigenvalue weighted by atomic mass is 32.2. The maximum absolute atomic E-state index is 14.2. The summed E-state index contributed by atoms with van der Waals surface area (Å²) >= 11 is 0. The Labute approximate surface area is 272 Å². The number of aromatic nitrogens is 3. The molecule has 1 unspecified atom stereocenters. The first-order chi connectivity index (χ1) is 22.5. The first-order valence-corrected chi connectivity index (χ1v) is 16.6. The molecule has 1 aliphatic rings. The van der Waals surface area contributed by atoms with Crippen molar-refractivity contribution in [1.29, 1.82) is 0 Å². The normalized spacial score (nSPS) is 17.3. The molecule has 1 aliphatic heterocycles. The van der Waals surface area contributed by atoms with Gasteiger partial charge in [0.2, 0.25) is 0 Å². The topological polar surface area (TPSA) is 167 Å². The van der Waals surface area contributed by atoms with Crippen LogP contribution >= 0.6 is 0 Å². The smallest absolute Gasteiger partial charge is 0.321 e. The van der Waals surface area contributed by atoms with Crippen molar-refractivity contribution in [1.82, 2.24) is 19.7 Å². The predicted molar refractivity (Wildman–Crippen MR) is 175 cm³/mol. The number of carboxylic acid groups (broad SMARTS) is 1. The lowest BCUT2D eigenvalue weighted by molar-refractivity contribution is -0.142. The van der Waals surface area contributed by atoms with E-state index in [9.17, 15) is 28.8 Å². The van der Waals surface area contributed by atoms with Crippen molar-refractivity contribution in [2.75, 3.05) is 24.2 Å². The number of hydrogen-bond acceptors (Lipinski definition) is 8. The number of nitrogens with one attached hydrogen (secondary N) is 1. The molecule has 0 bridgehead atoms. The SMILES string of the molecule is Cc1cc(C(=O)Nc2cccc(C#Cc3cncc(C(=O)N=S(=O)(CCCN4C[C@@H](O)C[C@@H]4C(=O)O)c4ccccc4)c3)c2)n(C)n1. The van der Waals surface area contributed by atoms with Gasteiger partial charge in [-0.3, -0.25) is 28.9 Å². The quantitative estimate of drug-likeness (QED) is 0.229. The molecule has 2 amide bonds. The van der Waals surface area contributed by atoms with Gasteiger partial charge in [0.05, 0.1) is 27.1 Å². The molecule has 3 N–H and O–H groups in total. The third-order valence-electron chi connectivity index (χ3n) is 7.57. The van der Waals surface area contributed by atoms with Crippen LogP contribution in [0, 0.1) is 18.8 Å². The summed E-state index contributed by atoms with van der Waals surface area (Å²) in [6, 6.07) is 17.9. The first kappa shape index (κ1) is 33.2. The van der Waals surface area contributed by atoms with E-state index in [1.165, 1.54) is 23.1 Å². The molecule has 3 heterocycles. The minimum absolute atomic E-state index is 0.0156. The van der Waals surface area contributed by atoms with Gasteiger partial charge in [0.15, 0.2) is 0 Å². The van der Waals surface area contributed by atoms with Crippen LogP contribution in [-0.2, 0) is 21.6 Å². The Balaban J connectivity index is 1.32. The Morgan fingerprint density at radius 2 is 1.81 bits per heavy atom. The van der Waals surface area contributed by atoms with E-state index in [-0.39, 0.29) is 36.7 Å². The molecular weight excluding hydrogens is 620 g/mol. The van der Waals surface area contributed by atoms with E-state index in [2.05, 4.69) is 31.6 Å². The third kappa shape index (κ3) is 8.36. The first-order valence-electron chi connectivity index (χ1n) is 14.9. The number of aryl methyl sites for hydroxylation is 2. The predicted octanol–water partition coefficient (Wildman–Crippen LogP) is 3.35. The lowest BCUT2D eigenvalue weighted by atomic mass is 10.1. The Morgan fingerprint density at radius 1 is 1.04 bits per heavy atom. The molecule has 0 aliphatic carbocycles. The summed E-state index contributed by atoms with van der Waals surface area (Å²) in [5.74, 6) is 3.98. The Hall–Kier alpha value is -5.16. The molecule has 5 rings (SSSR count). The average molecular weight is 655 g/mol. The van der Waals surface area contributed by atoms with Gasteiger partial charge in [-0.25, -0.2) is 4.21 Å². The van der Waals surface area contributed by atoms with Crippen LogP contribution < -0.4 is 5.32 Å². The van der Waals surface area contributed by atoms with Gasteiger partial charge in [-0.15, -0.1) is 0 Å². The van der Waals surface area contributed by atoms with Gasteiger partial charge >= 0.3 is 5.97 Å². The molecule has 47 heavy (non-hydrogen) atoms. The highest BCUT2D eigenvalue weighted by molar-refractivity contribution is 7.94. The number of rotatable bonds is 9. The van der Waals surface area contributed by atoms with Crippen LogP contribution in [0.3, 0.4) is 0 Å². The minimum atomic E-state index is -3.23. The van der Waals surface area contributed by atoms with Gasteiger partial charge in [0.25, 0.3) is 11.8 Å².